The SMILES string of the molecule is Cc1cccc(C)c1-n1nnnc1SCc1ccc(-n2ccnc2)cc1. The van der Waals surface area contributed by atoms with Gasteiger partial charge in [0.1, 0.15) is 0 Å². The summed E-state index contributed by atoms with van der Waals surface area (Å²) in [5.41, 5.74) is 5.68. The second-order valence-electron chi connectivity index (χ2n) is 6.04. The summed E-state index contributed by atoms with van der Waals surface area (Å²) in [6.07, 6.45) is 5.50. The number of benzene rings is 2. The van der Waals surface area contributed by atoms with Gasteiger partial charge >= 0.3 is 0 Å². The fourth-order valence-electron chi connectivity index (χ4n) is 2.87. The standard InChI is InChI=1S/C19H18N6S/c1-14-4-3-5-15(2)18(14)25-19(21-22-23-25)26-12-16-6-8-17(9-7-16)24-11-10-20-13-24/h3-11,13H,12H2,1-2H3. The maximum Gasteiger partial charge on any atom is 0.214 e. The van der Waals surface area contributed by atoms with Crippen LogP contribution < -0.4 is 0 Å². The van der Waals surface area contributed by atoms with E-state index in [1.807, 2.05) is 21.5 Å². The Hall–Kier alpha value is -2.93. The highest BCUT2D eigenvalue weighted by Crippen LogP contribution is 2.26. The van der Waals surface area contributed by atoms with Crippen LogP contribution in [-0.4, -0.2) is 29.8 Å². The van der Waals surface area contributed by atoms with Gasteiger partial charge in [-0.05, 0) is 53.1 Å². The van der Waals surface area contributed by atoms with Gasteiger partial charge in [0, 0.05) is 23.8 Å². The zero-order valence-corrected chi connectivity index (χ0v) is 15.4. The third-order valence-corrected chi connectivity index (χ3v) is 5.19. The molecule has 0 radical (unpaired) electrons. The van der Waals surface area contributed by atoms with E-state index in [-0.39, 0.29) is 0 Å². The minimum Gasteiger partial charge on any atom is -0.306 e. The lowest BCUT2D eigenvalue weighted by Crippen LogP contribution is -2.04. The second-order valence-corrected chi connectivity index (χ2v) is 6.98. The quantitative estimate of drug-likeness (QED) is 0.506. The van der Waals surface area contributed by atoms with Crippen LogP contribution in [0, 0.1) is 13.8 Å². The number of tetrazole rings is 1. The smallest absolute Gasteiger partial charge is 0.214 e. The van der Waals surface area contributed by atoms with Crippen LogP contribution in [0.2, 0.25) is 0 Å². The molecular formula is C19H18N6S. The Morgan fingerprint density at radius 1 is 1.00 bits per heavy atom. The van der Waals surface area contributed by atoms with E-state index in [1.165, 1.54) is 5.56 Å². The highest BCUT2D eigenvalue weighted by Gasteiger charge is 2.13. The normalized spacial score (nSPS) is 11.0. The highest BCUT2D eigenvalue weighted by molar-refractivity contribution is 7.98. The molecule has 0 N–H and O–H groups in total. The van der Waals surface area contributed by atoms with Gasteiger partial charge in [0.2, 0.25) is 5.16 Å². The number of hydrogen-bond acceptors (Lipinski definition) is 5. The summed E-state index contributed by atoms with van der Waals surface area (Å²) in [7, 11) is 0. The molecule has 4 rings (SSSR count). The number of imidazole rings is 1. The van der Waals surface area contributed by atoms with Crippen LogP contribution in [-0.2, 0) is 5.75 Å². The van der Waals surface area contributed by atoms with Crippen molar-refractivity contribution in [3.8, 4) is 11.4 Å². The minimum absolute atomic E-state index is 0.793. The molecule has 0 bridgehead atoms. The summed E-state index contributed by atoms with van der Waals surface area (Å²) in [5, 5.41) is 13.1. The molecule has 0 aliphatic rings. The Balaban J connectivity index is 1.52. The van der Waals surface area contributed by atoms with Gasteiger partial charge in [0.15, 0.2) is 0 Å². The molecule has 6 nitrogen and oxygen atoms in total. The van der Waals surface area contributed by atoms with Gasteiger partial charge in [-0.15, -0.1) is 5.10 Å². The van der Waals surface area contributed by atoms with Crippen LogP contribution in [0.5, 0.6) is 0 Å². The molecule has 0 aliphatic heterocycles. The topological polar surface area (TPSA) is 61.4 Å². The fraction of sp³-hybridized carbons (Fsp3) is 0.158. The zero-order valence-electron chi connectivity index (χ0n) is 14.6. The summed E-state index contributed by atoms with van der Waals surface area (Å²) in [4.78, 5) is 4.08. The van der Waals surface area contributed by atoms with Crippen molar-refractivity contribution >= 4 is 11.8 Å². The Morgan fingerprint density at radius 3 is 2.46 bits per heavy atom. The average Bonchev–Trinajstić information content (AvgIpc) is 3.33. The number of aryl methyl sites for hydroxylation is 2. The predicted octanol–water partition coefficient (Wildman–Crippen LogP) is 3.76. The van der Waals surface area contributed by atoms with Crippen molar-refractivity contribution in [2.75, 3.05) is 0 Å². The predicted molar refractivity (Wildman–Crippen MR) is 102 cm³/mol. The van der Waals surface area contributed by atoms with Gasteiger partial charge in [-0.1, -0.05) is 42.1 Å². The molecule has 2 heterocycles. The van der Waals surface area contributed by atoms with Crippen LogP contribution in [0.3, 0.4) is 0 Å². The number of hydrogen-bond donors (Lipinski definition) is 0. The first kappa shape index (κ1) is 16.5. The lowest BCUT2D eigenvalue weighted by molar-refractivity contribution is 0.747. The molecule has 2 aromatic carbocycles. The van der Waals surface area contributed by atoms with Crippen molar-refractivity contribution in [2.45, 2.75) is 24.8 Å². The third kappa shape index (κ3) is 3.25. The van der Waals surface area contributed by atoms with E-state index in [4.69, 9.17) is 0 Å². The summed E-state index contributed by atoms with van der Waals surface area (Å²) >= 11 is 1.63. The lowest BCUT2D eigenvalue weighted by atomic mass is 10.1. The molecule has 0 unspecified atom stereocenters. The van der Waals surface area contributed by atoms with Gasteiger partial charge in [-0.3, -0.25) is 0 Å². The molecular weight excluding hydrogens is 344 g/mol. The van der Waals surface area contributed by atoms with E-state index in [0.29, 0.717) is 0 Å². The molecule has 0 spiro atoms. The van der Waals surface area contributed by atoms with E-state index >= 15 is 0 Å². The first-order valence-electron chi connectivity index (χ1n) is 8.27. The van der Waals surface area contributed by atoms with Gasteiger partial charge < -0.3 is 4.57 Å². The van der Waals surface area contributed by atoms with Gasteiger partial charge in [0.25, 0.3) is 0 Å². The minimum atomic E-state index is 0.793. The maximum absolute atomic E-state index is 4.20. The number of aromatic nitrogens is 6. The Morgan fingerprint density at radius 2 is 1.77 bits per heavy atom. The first-order valence-corrected chi connectivity index (χ1v) is 9.26. The largest absolute Gasteiger partial charge is 0.306 e. The molecule has 26 heavy (non-hydrogen) atoms. The summed E-state index contributed by atoms with van der Waals surface area (Å²) in [6, 6.07) is 14.6. The van der Waals surface area contributed by atoms with Crippen molar-refractivity contribution in [3.05, 3.63) is 77.9 Å². The Kier molecular flexibility index (Phi) is 4.53. The van der Waals surface area contributed by atoms with Crippen molar-refractivity contribution in [2.24, 2.45) is 0 Å². The fourth-order valence-corrected chi connectivity index (χ4v) is 3.71. The van der Waals surface area contributed by atoms with Crippen molar-refractivity contribution < 1.29 is 0 Å². The Bertz CT molecular complexity index is 985. The maximum atomic E-state index is 4.20. The van der Waals surface area contributed by atoms with Crippen molar-refractivity contribution in [1.82, 2.24) is 29.8 Å². The van der Waals surface area contributed by atoms with Crippen LogP contribution in [0.1, 0.15) is 16.7 Å². The van der Waals surface area contributed by atoms with Gasteiger partial charge in [-0.25, -0.2) is 4.98 Å². The van der Waals surface area contributed by atoms with E-state index in [9.17, 15) is 0 Å². The molecule has 0 fully saturated rings. The molecule has 130 valence electrons. The van der Waals surface area contributed by atoms with Crippen LogP contribution in [0.15, 0.2) is 66.3 Å². The van der Waals surface area contributed by atoms with E-state index in [0.717, 1.165) is 33.4 Å². The Labute approximate surface area is 155 Å². The molecule has 0 saturated carbocycles. The van der Waals surface area contributed by atoms with Crippen LogP contribution >= 0.6 is 11.8 Å². The summed E-state index contributed by atoms with van der Waals surface area (Å²) < 4.78 is 3.81. The van der Waals surface area contributed by atoms with Crippen molar-refractivity contribution in [1.29, 1.82) is 0 Å². The number of nitrogens with zero attached hydrogens (tertiary/aromatic N) is 6. The monoisotopic (exact) mass is 362 g/mol. The molecule has 0 amide bonds. The highest BCUT2D eigenvalue weighted by atomic mass is 32.2. The lowest BCUT2D eigenvalue weighted by Gasteiger charge is -2.10. The third-order valence-electron chi connectivity index (χ3n) is 4.20. The summed E-state index contributed by atoms with van der Waals surface area (Å²) in [6.45, 7) is 4.15. The van der Waals surface area contributed by atoms with Gasteiger partial charge in [-0.2, -0.15) is 4.68 Å². The molecule has 0 saturated heterocycles. The molecule has 0 atom stereocenters. The molecule has 4 aromatic rings. The van der Waals surface area contributed by atoms with Gasteiger partial charge in [0.05, 0.1) is 12.0 Å². The van der Waals surface area contributed by atoms with Crippen LogP contribution in [0.4, 0.5) is 0 Å². The molecule has 7 heteroatoms. The van der Waals surface area contributed by atoms with E-state index in [2.05, 4.69) is 70.8 Å². The second kappa shape index (κ2) is 7.13. The first-order chi connectivity index (χ1) is 12.7. The average molecular weight is 362 g/mol. The summed E-state index contributed by atoms with van der Waals surface area (Å²) in [5.74, 6) is 0.801. The number of rotatable bonds is 5. The van der Waals surface area contributed by atoms with Crippen molar-refractivity contribution in [3.63, 3.8) is 0 Å². The van der Waals surface area contributed by atoms with Crippen LogP contribution in [0.25, 0.3) is 11.4 Å². The van der Waals surface area contributed by atoms with E-state index in [1.54, 1.807) is 24.3 Å². The zero-order chi connectivity index (χ0) is 17.9. The number of thioether (sulfide) groups is 1. The van der Waals surface area contributed by atoms with E-state index < -0.39 is 0 Å². The molecule has 0 aliphatic carbocycles. The number of para-hydroxylation sites is 1. The molecule has 2 aromatic heterocycles.